The summed E-state index contributed by atoms with van der Waals surface area (Å²) in [6.45, 7) is 12.5. The van der Waals surface area contributed by atoms with Gasteiger partial charge >= 0.3 is 0 Å². The second-order valence-electron chi connectivity index (χ2n) is 6.97. The molecule has 1 heterocycles. The summed E-state index contributed by atoms with van der Waals surface area (Å²) >= 11 is 0. The molecule has 0 aliphatic carbocycles. The molecule has 2 rings (SSSR count). The van der Waals surface area contributed by atoms with Gasteiger partial charge in [-0.25, -0.2) is 0 Å². The molecule has 24 heavy (non-hydrogen) atoms. The van der Waals surface area contributed by atoms with Gasteiger partial charge in [-0.1, -0.05) is 44.4 Å². The molecule has 4 heteroatoms. The lowest BCUT2D eigenvalue weighted by atomic mass is 9.77. The Kier molecular flexibility index (Phi) is 5.29. The number of benzene rings is 1. The van der Waals surface area contributed by atoms with Crippen molar-refractivity contribution in [1.29, 1.82) is 0 Å². The average molecular weight is 329 g/mol. The maximum atomic E-state index is 6.72. The van der Waals surface area contributed by atoms with Crippen molar-refractivity contribution in [2.75, 3.05) is 0 Å². The van der Waals surface area contributed by atoms with Crippen LogP contribution in [-0.2, 0) is 0 Å². The number of ether oxygens (including phenoxy) is 1. The standard InChI is InChI=1S/C20H31N3O/c1-7-16(8-2)20(22)11-15(6)23-19(18(20)21)24-17-13(4)9-12(3)10-14(17)5/h9-11,16,23H,7-8,21-22H2,1-6H3. The van der Waals surface area contributed by atoms with E-state index in [2.05, 4.69) is 38.2 Å². The van der Waals surface area contributed by atoms with Crippen LogP contribution in [0.4, 0.5) is 0 Å². The number of dihydropyridines is 1. The van der Waals surface area contributed by atoms with Gasteiger partial charge in [-0.3, -0.25) is 0 Å². The van der Waals surface area contributed by atoms with Crippen LogP contribution < -0.4 is 21.5 Å². The summed E-state index contributed by atoms with van der Waals surface area (Å²) in [5.41, 5.74) is 17.5. The topological polar surface area (TPSA) is 73.3 Å². The number of rotatable bonds is 5. The lowest BCUT2D eigenvalue weighted by Crippen LogP contribution is -2.54. The van der Waals surface area contributed by atoms with Crippen molar-refractivity contribution in [1.82, 2.24) is 5.32 Å². The number of hydrogen-bond donors (Lipinski definition) is 3. The fourth-order valence-corrected chi connectivity index (χ4v) is 3.73. The van der Waals surface area contributed by atoms with Gasteiger partial charge in [0.25, 0.3) is 0 Å². The maximum Gasteiger partial charge on any atom is 0.218 e. The highest BCUT2D eigenvalue weighted by Crippen LogP contribution is 2.34. The molecule has 0 amide bonds. The molecule has 0 saturated carbocycles. The lowest BCUT2D eigenvalue weighted by Gasteiger charge is -2.39. The third-order valence-electron chi connectivity index (χ3n) is 4.95. The van der Waals surface area contributed by atoms with E-state index in [4.69, 9.17) is 16.2 Å². The van der Waals surface area contributed by atoms with Gasteiger partial charge in [-0.2, -0.15) is 0 Å². The van der Waals surface area contributed by atoms with Gasteiger partial charge in [0.2, 0.25) is 5.88 Å². The van der Waals surface area contributed by atoms with E-state index in [1.807, 2.05) is 26.8 Å². The minimum Gasteiger partial charge on any atom is -0.439 e. The van der Waals surface area contributed by atoms with Crippen molar-refractivity contribution in [2.45, 2.75) is 59.9 Å². The van der Waals surface area contributed by atoms with Crippen LogP contribution in [0, 0.1) is 26.7 Å². The largest absolute Gasteiger partial charge is 0.439 e. The van der Waals surface area contributed by atoms with E-state index in [1.54, 1.807) is 0 Å². The van der Waals surface area contributed by atoms with Crippen LogP contribution in [-0.4, -0.2) is 5.54 Å². The molecule has 1 unspecified atom stereocenters. The highest BCUT2D eigenvalue weighted by Gasteiger charge is 2.39. The fourth-order valence-electron chi connectivity index (χ4n) is 3.73. The average Bonchev–Trinajstić information content (AvgIpc) is 2.48. The molecule has 1 aliphatic heterocycles. The molecule has 0 spiro atoms. The summed E-state index contributed by atoms with van der Waals surface area (Å²) in [7, 11) is 0. The Labute approximate surface area is 145 Å². The third-order valence-corrected chi connectivity index (χ3v) is 4.95. The SMILES string of the molecule is CCC(CC)C1(N)C=C(C)NC(Oc2c(C)cc(C)cc2C)=C1N. The molecule has 0 radical (unpaired) electrons. The maximum absolute atomic E-state index is 6.72. The first-order chi connectivity index (χ1) is 11.2. The summed E-state index contributed by atoms with van der Waals surface area (Å²) < 4.78 is 6.21. The van der Waals surface area contributed by atoms with Gasteiger partial charge in [0, 0.05) is 5.70 Å². The van der Waals surface area contributed by atoms with Gasteiger partial charge in [0.15, 0.2) is 0 Å². The summed E-state index contributed by atoms with van der Waals surface area (Å²) in [6, 6.07) is 4.22. The summed E-state index contributed by atoms with van der Waals surface area (Å²) in [5.74, 6) is 1.67. The van der Waals surface area contributed by atoms with Crippen molar-refractivity contribution in [2.24, 2.45) is 17.4 Å². The highest BCUT2D eigenvalue weighted by atomic mass is 16.5. The zero-order chi connectivity index (χ0) is 18.1. The number of allylic oxidation sites excluding steroid dienone is 1. The number of aryl methyl sites for hydroxylation is 3. The fraction of sp³-hybridized carbons (Fsp3) is 0.500. The van der Waals surface area contributed by atoms with E-state index in [0.29, 0.717) is 11.6 Å². The van der Waals surface area contributed by atoms with Gasteiger partial charge in [0.1, 0.15) is 5.75 Å². The highest BCUT2D eigenvalue weighted by molar-refractivity contribution is 5.45. The number of nitrogens with one attached hydrogen (secondary N) is 1. The molecule has 0 saturated heterocycles. The molecular weight excluding hydrogens is 298 g/mol. The minimum atomic E-state index is -0.680. The molecule has 132 valence electrons. The normalized spacial score (nSPS) is 20.9. The minimum absolute atomic E-state index is 0.272. The van der Waals surface area contributed by atoms with Gasteiger partial charge in [-0.05, 0) is 50.8 Å². The quantitative estimate of drug-likeness (QED) is 0.769. The molecule has 0 fully saturated rings. The molecule has 1 aromatic carbocycles. The van der Waals surface area contributed by atoms with Gasteiger partial charge in [0.05, 0.1) is 11.2 Å². The van der Waals surface area contributed by atoms with Crippen molar-refractivity contribution in [3.63, 3.8) is 0 Å². The van der Waals surface area contributed by atoms with E-state index >= 15 is 0 Å². The van der Waals surface area contributed by atoms with Gasteiger partial charge in [-0.15, -0.1) is 0 Å². The second kappa shape index (κ2) is 6.89. The van der Waals surface area contributed by atoms with Crippen molar-refractivity contribution >= 4 is 0 Å². The van der Waals surface area contributed by atoms with Crippen molar-refractivity contribution < 1.29 is 4.74 Å². The van der Waals surface area contributed by atoms with Crippen LogP contribution in [0.1, 0.15) is 50.3 Å². The van der Waals surface area contributed by atoms with Crippen LogP contribution in [0.3, 0.4) is 0 Å². The predicted octanol–water partition coefficient (Wildman–Crippen LogP) is 3.76. The predicted molar refractivity (Wildman–Crippen MR) is 100 cm³/mol. The first kappa shape index (κ1) is 18.4. The molecule has 5 N–H and O–H groups in total. The van der Waals surface area contributed by atoms with E-state index in [0.717, 1.165) is 35.4 Å². The van der Waals surface area contributed by atoms with Crippen LogP contribution in [0.15, 0.2) is 35.5 Å². The zero-order valence-electron chi connectivity index (χ0n) is 15.8. The van der Waals surface area contributed by atoms with Gasteiger partial charge < -0.3 is 21.5 Å². The zero-order valence-corrected chi connectivity index (χ0v) is 15.8. The molecule has 1 aliphatic rings. The number of nitrogens with two attached hydrogens (primary N) is 2. The first-order valence-corrected chi connectivity index (χ1v) is 8.74. The number of hydrogen-bond acceptors (Lipinski definition) is 4. The Morgan fingerprint density at radius 2 is 1.62 bits per heavy atom. The Balaban J connectivity index is 2.46. The monoisotopic (exact) mass is 329 g/mol. The third kappa shape index (κ3) is 3.29. The molecule has 1 atom stereocenters. The van der Waals surface area contributed by atoms with Crippen LogP contribution in [0.25, 0.3) is 0 Å². The van der Waals surface area contributed by atoms with E-state index in [1.165, 1.54) is 5.56 Å². The van der Waals surface area contributed by atoms with Crippen LogP contribution in [0.5, 0.6) is 5.75 Å². The summed E-state index contributed by atoms with van der Waals surface area (Å²) in [5, 5.41) is 3.26. The molecule has 0 aromatic heterocycles. The smallest absolute Gasteiger partial charge is 0.218 e. The van der Waals surface area contributed by atoms with Crippen LogP contribution in [0.2, 0.25) is 0 Å². The molecule has 0 bridgehead atoms. The molecular formula is C20H31N3O. The van der Waals surface area contributed by atoms with Crippen molar-refractivity contribution in [3.8, 4) is 5.75 Å². The lowest BCUT2D eigenvalue weighted by molar-refractivity contribution is 0.305. The molecule has 1 aromatic rings. The van der Waals surface area contributed by atoms with Crippen molar-refractivity contribution in [3.05, 3.63) is 52.2 Å². The Bertz CT molecular complexity index is 663. The second-order valence-corrected chi connectivity index (χ2v) is 6.97. The molecule has 4 nitrogen and oxygen atoms in total. The summed E-state index contributed by atoms with van der Waals surface area (Å²) in [6.07, 6.45) is 3.96. The Hall–Kier alpha value is -1.94. The first-order valence-electron chi connectivity index (χ1n) is 8.74. The summed E-state index contributed by atoms with van der Waals surface area (Å²) in [4.78, 5) is 0. The van der Waals surface area contributed by atoms with Crippen LogP contribution >= 0.6 is 0 Å². The van der Waals surface area contributed by atoms with E-state index in [-0.39, 0.29) is 5.92 Å². The van der Waals surface area contributed by atoms with E-state index in [9.17, 15) is 0 Å². The Morgan fingerprint density at radius 3 is 2.12 bits per heavy atom. The Morgan fingerprint density at radius 1 is 1.08 bits per heavy atom. The van der Waals surface area contributed by atoms with E-state index < -0.39 is 5.54 Å².